The highest BCUT2D eigenvalue weighted by molar-refractivity contribution is 5.75. The van der Waals surface area contributed by atoms with Gasteiger partial charge in [-0.15, -0.1) is 0 Å². The summed E-state index contributed by atoms with van der Waals surface area (Å²) in [4.78, 5) is 0. The van der Waals surface area contributed by atoms with Crippen molar-refractivity contribution in [2.45, 2.75) is 0 Å². The van der Waals surface area contributed by atoms with Crippen molar-refractivity contribution in [1.29, 1.82) is 5.26 Å². The van der Waals surface area contributed by atoms with Crippen molar-refractivity contribution in [2.75, 3.05) is 0 Å². The van der Waals surface area contributed by atoms with Crippen LogP contribution in [0.15, 0.2) is 36.4 Å². The fraction of sp³-hybridized carbons (Fsp3) is 0. The van der Waals surface area contributed by atoms with Gasteiger partial charge in [0.25, 0.3) is 0 Å². The van der Waals surface area contributed by atoms with Crippen molar-refractivity contribution in [3.63, 3.8) is 0 Å². The number of rotatable bonds is 2. The topological polar surface area (TPSA) is 84.5 Å². The predicted octanol–water partition coefficient (Wildman–Crippen LogP) is 2.85. The van der Waals surface area contributed by atoms with Gasteiger partial charge in [0.05, 0.1) is 0 Å². The molecule has 2 aromatic rings. The lowest BCUT2D eigenvalue weighted by Crippen LogP contribution is -1.83. The lowest BCUT2D eigenvalue weighted by atomic mass is 10.0. The Hall–Kier alpha value is -2.93. The van der Waals surface area contributed by atoms with Gasteiger partial charge in [-0.1, -0.05) is 24.3 Å². The zero-order valence-corrected chi connectivity index (χ0v) is 9.91. The molecule has 0 radical (unpaired) electrons. The van der Waals surface area contributed by atoms with E-state index in [4.69, 9.17) is 10.4 Å². The Labute approximate surface area is 110 Å². The normalized spacial score (nSPS) is 10.5. The van der Waals surface area contributed by atoms with Crippen LogP contribution in [0.2, 0.25) is 0 Å². The maximum Gasteiger partial charge on any atom is 0.137 e. The largest absolute Gasteiger partial charge is 0.508 e. The van der Waals surface area contributed by atoms with Crippen molar-refractivity contribution in [3.8, 4) is 23.3 Å². The van der Waals surface area contributed by atoms with Gasteiger partial charge in [0, 0.05) is 6.07 Å². The summed E-state index contributed by atoms with van der Waals surface area (Å²) in [7, 11) is 0. The third-order valence-corrected chi connectivity index (χ3v) is 2.59. The van der Waals surface area contributed by atoms with Crippen molar-refractivity contribution in [3.05, 3.63) is 53.1 Å². The van der Waals surface area contributed by atoms with Gasteiger partial charge in [0.2, 0.25) is 0 Å². The van der Waals surface area contributed by atoms with E-state index in [9.17, 15) is 10.2 Å². The van der Waals surface area contributed by atoms with Crippen molar-refractivity contribution >= 4 is 12.2 Å². The number of nitrogens with zero attached hydrogens (tertiary/aromatic N) is 1. The third-order valence-electron chi connectivity index (χ3n) is 2.59. The number of phenolic OH excluding ortho intramolecular Hbond substituents is 3. The van der Waals surface area contributed by atoms with E-state index < -0.39 is 0 Å². The SMILES string of the molecule is N#Cc1c(O)cc(O)cc1C=Cc1ccc(O)cc1. The highest BCUT2D eigenvalue weighted by atomic mass is 16.3. The summed E-state index contributed by atoms with van der Waals surface area (Å²) in [6.45, 7) is 0. The van der Waals surface area contributed by atoms with Gasteiger partial charge in [0.1, 0.15) is 28.9 Å². The second-order valence-corrected chi connectivity index (χ2v) is 3.97. The van der Waals surface area contributed by atoms with Crippen LogP contribution < -0.4 is 0 Å². The molecule has 2 aromatic carbocycles. The first-order valence-corrected chi connectivity index (χ1v) is 5.53. The number of benzene rings is 2. The van der Waals surface area contributed by atoms with E-state index in [0.29, 0.717) is 5.56 Å². The minimum Gasteiger partial charge on any atom is -0.508 e. The van der Waals surface area contributed by atoms with Crippen LogP contribution in [0.4, 0.5) is 0 Å². The zero-order valence-electron chi connectivity index (χ0n) is 9.91. The monoisotopic (exact) mass is 253 g/mol. The van der Waals surface area contributed by atoms with Gasteiger partial charge in [-0.3, -0.25) is 0 Å². The lowest BCUT2D eigenvalue weighted by molar-refractivity contribution is 0.449. The molecule has 0 amide bonds. The summed E-state index contributed by atoms with van der Waals surface area (Å²) in [6, 6.07) is 10.9. The Bertz CT molecular complexity index is 667. The fourth-order valence-electron chi connectivity index (χ4n) is 1.66. The van der Waals surface area contributed by atoms with Crippen LogP contribution >= 0.6 is 0 Å². The van der Waals surface area contributed by atoms with E-state index in [0.717, 1.165) is 11.6 Å². The van der Waals surface area contributed by atoms with Crippen LogP contribution in [0.1, 0.15) is 16.7 Å². The first kappa shape index (κ1) is 12.5. The summed E-state index contributed by atoms with van der Waals surface area (Å²) < 4.78 is 0. The molecule has 0 saturated heterocycles. The molecule has 0 aliphatic heterocycles. The molecular formula is C15H11NO3. The smallest absolute Gasteiger partial charge is 0.137 e. The van der Waals surface area contributed by atoms with Crippen LogP contribution in [0, 0.1) is 11.3 Å². The number of hydrogen-bond acceptors (Lipinski definition) is 4. The molecule has 3 N–H and O–H groups in total. The number of aromatic hydroxyl groups is 3. The molecule has 0 saturated carbocycles. The van der Waals surface area contributed by atoms with E-state index in [2.05, 4.69) is 0 Å². The molecule has 0 aromatic heterocycles. The first-order chi connectivity index (χ1) is 9.10. The first-order valence-electron chi connectivity index (χ1n) is 5.53. The summed E-state index contributed by atoms with van der Waals surface area (Å²) in [5, 5.41) is 37.1. The van der Waals surface area contributed by atoms with Gasteiger partial charge >= 0.3 is 0 Å². The van der Waals surface area contributed by atoms with Crippen LogP contribution in [0.25, 0.3) is 12.2 Å². The van der Waals surface area contributed by atoms with E-state index in [1.807, 2.05) is 6.07 Å². The standard InChI is InChI=1S/C15H11NO3/c16-9-14-11(7-13(18)8-15(14)19)4-1-10-2-5-12(17)6-3-10/h1-8,17-19H. The van der Waals surface area contributed by atoms with E-state index in [1.54, 1.807) is 36.4 Å². The fourth-order valence-corrected chi connectivity index (χ4v) is 1.66. The minimum atomic E-state index is -0.257. The average Bonchev–Trinajstić information content (AvgIpc) is 2.37. The number of nitriles is 1. The summed E-state index contributed by atoms with van der Waals surface area (Å²) >= 11 is 0. The van der Waals surface area contributed by atoms with E-state index in [-0.39, 0.29) is 22.8 Å². The summed E-state index contributed by atoms with van der Waals surface area (Å²) in [5.41, 5.74) is 1.35. The molecule has 0 unspecified atom stereocenters. The maximum atomic E-state index is 9.56. The minimum absolute atomic E-state index is 0.104. The Kier molecular flexibility index (Phi) is 3.39. The summed E-state index contributed by atoms with van der Waals surface area (Å²) in [6.07, 6.45) is 3.33. The molecular weight excluding hydrogens is 242 g/mol. The second kappa shape index (κ2) is 5.15. The quantitative estimate of drug-likeness (QED) is 0.718. The molecule has 0 spiro atoms. The molecule has 0 heterocycles. The molecule has 2 rings (SSSR count). The molecule has 4 nitrogen and oxygen atoms in total. The molecule has 0 bridgehead atoms. The lowest BCUT2D eigenvalue weighted by Gasteiger charge is -2.02. The number of hydrogen-bond donors (Lipinski definition) is 3. The zero-order chi connectivity index (χ0) is 13.8. The molecule has 0 atom stereocenters. The van der Waals surface area contributed by atoms with Crippen molar-refractivity contribution in [1.82, 2.24) is 0 Å². The van der Waals surface area contributed by atoms with Crippen molar-refractivity contribution in [2.24, 2.45) is 0 Å². The Morgan fingerprint density at radius 3 is 2.21 bits per heavy atom. The van der Waals surface area contributed by atoms with E-state index in [1.165, 1.54) is 6.07 Å². The second-order valence-electron chi connectivity index (χ2n) is 3.97. The van der Waals surface area contributed by atoms with Crippen LogP contribution in [-0.4, -0.2) is 15.3 Å². The maximum absolute atomic E-state index is 9.56. The average molecular weight is 253 g/mol. The highest BCUT2D eigenvalue weighted by Crippen LogP contribution is 2.27. The highest BCUT2D eigenvalue weighted by Gasteiger charge is 2.07. The molecule has 19 heavy (non-hydrogen) atoms. The molecule has 0 aliphatic carbocycles. The predicted molar refractivity (Wildman–Crippen MR) is 71.5 cm³/mol. The van der Waals surface area contributed by atoms with Crippen LogP contribution in [0.3, 0.4) is 0 Å². The van der Waals surface area contributed by atoms with Gasteiger partial charge in [-0.25, -0.2) is 0 Å². The van der Waals surface area contributed by atoms with Crippen molar-refractivity contribution < 1.29 is 15.3 Å². The Morgan fingerprint density at radius 1 is 0.895 bits per heavy atom. The third kappa shape index (κ3) is 2.85. The van der Waals surface area contributed by atoms with Gasteiger partial charge in [0.15, 0.2) is 0 Å². The molecule has 0 fully saturated rings. The molecule has 94 valence electrons. The Morgan fingerprint density at radius 2 is 1.58 bits per heavy atom. The van der Waals surface area contributed by atoms with Gasteiger partial charge < -0.3 is 15.3 Å². The van der Waals surface area contributed by atoms with Gasteiger partial charge in [-0.2, -0.15) is 5.26 Å². The Balaban J connectivity index is 2.38. The molecule has 4 heteroatoms. The van der Waals surface area contributed by atoms with Crippen LogP contribution in [0.5, 0.6) is 17.2 Å². The molecule has 0 aliphatic rings. The van der Waals surface area contributed by atoms with Gasteiger partial charge in [-0.05, 0) is 29.3 Å². The van der Waals surface area contributed by atoms with E-state index >= 15 is 0 Å². The summed E-state index contributed by atoms with van der Waals surface area (Å²) in [5.74, 6) is -0.195. The van der Waals surface area contributed by atoms with Crippen LogP contribution in [-0.2, 0) is 0 Å². The number of phenols is 3.